The number of nitrogens with one attached hydrogen (secondary N) is 1. The van der Waals surface area contributed by atoms with Gasteiger partial charge in [0.1, 0.15) is 0 Å². The Balaban J connectivity index is 2.33. The molecule has 70 valence electrons. The first-order valence-electron chi connectivity index (χ1n) is 4.24. The Morgan fingerprint density at radius 1 is 1.58 bits per heavy atom. The van der Waals surface area contributed by atoms with Gasteiger partial charge in [0.25, 0.3) is 0 Å². The second-order valence-corrected chi connectivity index (χ2v) is 3.53. The number of aliphatic hydroxyl groups is 1. The van der Waals surface area contributed by atoms with E-state index in [4.69, 9.17) is 0 Å². The van der Waals surface area contributed by atoms with Crippen LogP contribution >= 0.6 is 0 Å². The van der Waals surface area contributed by atoms with Crippen LogP contribution in [0.15, 0.2) is 0 Å². The van der Waals surface area contributed by atoms with Gasteiger partial charge in [0.05, 0.1) is 5.60 Å². The smallest absolute Gasteiger partial charge is 0.207 e. The number of carbonyl (C=O) groups excluding carboxylic acids is 1. The summed E-state index contributed by atoms with van der Waals surface area (Å²) >= 11 is 0. The lowest BCUT2D eigenvalue weighted by molar-refractivity contribution is -0.111. The van der Waals surface area contributed by atoms with Crippen molar-refractivity contribution in [1.29, 1.82) is 0 Å². The number of carbonyl (C=O) groups is 1. The van der Waals surface area contributed by atoms with Gasteiger partial charge in [-0.15, -0.1) is 0 Å². The molecule has 1 fully saturated rings. The predicted octanol–water partition coefficient (Wildman–Crippen LogP) is -0.811. The van der Waals surface area contributed by atoms with Crippen molar-refractivity contribution >= 4 is 6.41 Å². The van der Waals surface area contributed by atoms with E-state index in [1.165, 1.54) is 0 Å². The molecule has 4 heteroatoms. The number of piperidine rings is 1. The lowest BCUT2D eigenvalue weighted by Gasteiger charge is -2.36. The van der Waals surface area contributed by atoms with Crippen molar-refractivity contribution in [3.8, 4) is 0 Å². The Labute approximate surface area is 72.6 Å². The van der Waals surface area contributed by atoms with Gasteiger partial charge in [0, 0.05) is 19.6 Å². The molecule has 0 aromatic heterocycles. The van der Waals surface area contributed by atoms with E-state index in [9.17, 15) is 9.90 Å². The molecular weight excluding hydrogens is 156 g/mol. The number of hydrogen-bond donors (Lipinski definition) is 2. The molecule has 1 rings (SSSR count). The topological polar surface area (TPSA) is 52.6 Å². The largest absolute Gasteiger partial charge is 0.388 e. The summed E-state index contributed by atoms with van der Waals surface area (Å²) in [7, 11) is 2.03. The number of hydrogen-bond acceptors (Lipinski definition) is 3. The van der Waals surface area contributed by atoms with E-state index in [0.29, 0.717) is 13.0 Å². The first-order valence-corrected chi connectivity index (χ1v) is 4.24. The van der Waals surface area contributed by atoms with Crippen LogP contribution in [-0.2, 0) is 4.79 Å². The summed E-state index contributed by atoms with van der Waals surface area (Å²) in [6.45, 7) is 2.18. The van der Waals surface area contributed by atoms with Crippen molar-refractivity contribution in [1.82, 2.24) is 10.2 Å². The maximum atomic E-state index is 10.0. The third-order valence-electron chi connectivity index (χ3n) is 2.43. The van der Waals surface area contributed by atoms with Gasteiger partial charge >= 0.3 is 0 Å². The zero-order valence-corrected chi connectivity index (χ0v) is 7.42. The van der Waals surface area contributed by atoms with Crippen molar-refractivity contribution in [2.45, 2.75) is 18.4 Å². The fourth-order valence-corrected chi connectivity index (χ4v) is 1.44. The minimum atomic E-state index is -0.673. The normalized spacial score (nSPS) is 23.5. The Morgan fingerprint density at radius 2 is 2.17 bits per heavy atom. The van der Waals surface area contributed by atoms with Crippen LogP contribution in [0.25, 0.3) is 0 Å². The van der Waals surface area contributed by atoms with Gasteiger partial charge in [-0.1, -0.05) is 0 Å². The highest BCUT2D eigenvalue weighted by Crippen LogP contribution is 2.19. The zero-order valence-electron chi connectivity index (χ0n) is 7.42. The molecule has 0 aliphatic carbocycles. The zero-order chi connectivity index (χ0) is 9.03. The average molecular weight is 172 g/mol. The third kappa shape index (κ3) is 2.46. The first kappa shape index (κ1) is 9.48. The van der Waals surface area contributed by atoms with E-state index in [0.717, 1.165) is 25.9 Å². The fourth-order valence-electron chi connectivity index (χ4n) is 1.44. The molecule has 1 amide bonds. The summed E-state index contributed by atoms with van der Waals surface area (Å²) in [6, 6.07) is 0. The quantitative estimate of drug-likeness (QED) is 0.547. The van der Waals surface area contributed by atoms with E-state index in [1.807, 2.05) is 7.05 Å². The molecule has 1 aliphatic heterocycles. The van der Waals surface area contributed by atoms with Crippen LogP contribution in [0.4, 0.5) is 0 Å². The van der Waals surface area contributed by atoms with Crippen molar-refractivity contribution in [3.05, 3.63) is 0 Å². The highest BCUT2D eigenvalue weighted by atomic mass is 16.3. The summed E-state index contributed by atoms with van der Waals surface area (Å²) in [6.07, 6.45) is 2.12. The number of amides is 1. The molecule has 0 saturated carbocycles. The molecule has 0 atom stereocenters. The number of rotatable bonds is 3. The monoisotopic (exact) mass is 172 g/mol. The number of nitrogens with zero attached hydrogens (tertiary/aromatic N) is 1. The summed E-state index contributed by atoms with van der Waals surface area (Å²) < 4.78 is 0. The minimum absolute atomic E-state index is 0.379. The van der Waals surface area contributed by atoms with Gasteiger partial charge in [-0.2, -0.15) is 0 Å². The number of likely N-dealkylation sites (tertiary alicyclic amines) is 1. The van der Waals surface area contributed by atoms with Crippen LogP contribution in [-0.4, -0.2) is 48.7 Å². The molecule has 1 aliphatic rings. The molecular formula is C8H16N2O2. The fraction of sp³-hybridized carbons (Fsp3) is 0.875. The standard InChI is InChI=1S/C8H16N2O2/c1-10-4-2-8(12,3-5-10)6-9-7-11/h7,12H,2-6H2,1H3,(H,9,11). The minimum Gasteiger partial charge on any atom is -0.388 e. The van der Waals surface area contributed by atoms with Crippen LogP contribution in [0.5, 0.6) is 0 Å². The van der Waals surface area contributed by atoms with E-state index in [-0.39, 0.29) is 0 Å². The third-order valence-corrected chi connectivity index (χ3v) is 2.43. The Morgan fingerprint density at radius 3 is 2.67 bits per heavy atom. The maximum Gasteiger partial charge on any atom is 0.207 e. The van der Waals surface area contributed by atoms with Gasteiger partial charge in [-0.3, -0.25) is 4.79 Å². The van der Waals surface area contributed by atoms with Crippen molar-refractivity contribution in [2.24, 2.45) is 0 Å². The van der Waals surface area contributed by atoms with E-state index in [2.05, 4.69) is 10.2 Å². The second kappa shape index (κ2) is 3.87. The van der Waals surface area contributed by atoms with Crippen molar-refractivity contribution < 1.29 is 9.90 Å². The van der Waals surface area contributed by atoms with Crippen LogP contribution in [0, 0.1) is 0 Å². The SMILES string of the molecule is CN1CCC(O)(CNC=O)CC1. The summed E-state index contributed by atoms with van der Waals surface area (Å²) in [4.78, 5) is 12.2. The molecule has 2 N–H and O–H groups in total. The van der Waals surface area contributed by atoms with Crippen molar-refractivity contribution in [2.75, 3.05) is 26.7 Å². The predicted molar refractivity (Wildman–Crippen MR) is 45.7 cm³/mol. The van der Waals surface area contributed by atoms with Crippen LogP contribution in [0.1, 0.15) is 12.8 Å². The molecule has 0 aromatic rings. The summed E-state index contributed by atoms with van der Waals surface area (Å²) in [5.74, 6) is 0. The van der Waals surface area contributed by atoms with Gasteiger partial charge in [-0.05, 0) is 19.9 Å². The Kier molecular flexibility index (Phi) is 3.05. The lowest BCUT2D eigenvalue weighted by atomic mass is 9.92. The molecule has 0 aromatic carbocycles. The first-order chi connectivity index (χ1) is 5.66. The van der Waals surface area contributed by atoms with Gasteiger partial charge < -0.3 is 15.3 Å². The molecule has 4 nitrogen and oxygen atoms in total. The molecule has 0 bridgehead atoms. The molecule has 12 heavy (non-hydrogen) atoms. The highest BCUT2D eigenvalue weighted by Gasteiger charge is 2.30. The molecule has 1 saturated heterocycles. The van der Waals surface area contributed by atoms with Crippen molar-refractivity contribution in [3.63, 3.8) is 0 Å². The average Bonchev–Trinajstić information content (AvgIpc) is 2.08. The van der Waals surface area contributed by atoms with Gasteiger partial charge in [0.15, 0.2) is 0 Å². The van der Waals surface area contributed by atoms with Crippen LogP contribution in [0.3, 0.4) is 0 Å². The van der Waals surface area contributed by atoms with E-state index < -0.39 is 5.60 Å². The van der Waals surface area contributed by atoms with Gasteiger partial charge in [-0.25, -0.2) is 0 Å². The molecule has 1 heterocycles. The maximum absolute atomic E-state index is 10.0. The van der Waals surface area contributed by atoms with Crippen LogP contribution in [0.2, 0.25) is 0 Å². The molecule has 0 radical (unpaired) electrons. The summed E-state index contributed by atoms with van der Waals surface area (Å²) in [5, 5.41) is 12.4. The molecule has 0 spiro atoms. The second-order valence-electron chi connectivity index (χ2n) is 3.53. The summed E-state index contributed by atoms with van der Waals surface area (Å²) in [5.41, 5.74) is -0.673. The Hall–Kier alpha value is -0.610. The highest BCUT2D eigenvalue weighted by molar-refractivity contribution is 5.46. The lowest BCUT2D eigenvalue weighted by Crippen LogP contribution is -2.48. The van der Waals surface area contributed by atoms with E-state index >= 15 is 0 Å². The molecule has 0 unspecified atom stereocenters. The Bertz CT molecular complexity index is 153. The van der Waals surface area contributed by atoms with E-state index in [1.54, 1.807) is 0 Å². The van der Waals surface area contributed by atoms with Crippen LogP contribution < -0.4 is 5.32 Å². The van der Waals surface area contributed by atoms with Gasteiger partial charge in [0.2, 0.25) is 6.41 Å².